The summed E-state index contributed by atoms with van der Waals surface area (Å²) in [5, 5.41) is 3.00. The Hall–Kier alpha value is -1.68. The monoisotopic (exact) mass is 330 g/mol. The average Bonchev–Trinajstić information content (AvgIpc) is 2.48. The third-order valence-corrected chi connectivity index (χ3v) is 4.26. The van der Waals surface area contributed by atoms with Crippen molar-refractivity contribution in [3.63, 3.8) is 0 Å². The van der Waals surface area contributed by atoms with Gasteiger partial charge in [-0.2, -0.15) is 0 Å². The number of anilines is 1. The minimum Gasteiger partial charge on any atom is -0.320 e. The number of amides is 1. The van der Waals surface area contributed by atoms with Crippen molar-refractivity contribution in [3.8, 4) is 0 Å². The van der Waals surface area contributed by atoms with Crippen molar-refractivity contribution in [1.82, 2.24) is 4.98 Å². The van der Waals surface area contributed by atoms with Gasteiger partial charge in [0.05, 0.1) is 0 Å². The zero-order valence-corrected chi connectivity index (χ0v) is 12.6. The molecule has 102 valence electrons. The number of fused-ring (bicyclic) bond motifs is 1. The van der Waals surface area contributed by atoms with Gasteiger partial charge in [0.1, 0.15) is 5.69 Å². The summed E-state index contributed by atoms with van der Waals surface area (Å²) in [6.45, 7) is 0. The van der Waals surface area contributed by atoms with Crippen LogP contribution >= 0.6 is 15.9 Å². The van der Waals surface area contributed by atoms with Gasteiger partial charge in [-0.25, -0.2) is 4.98 Å². The number of benzene rings is 1. The van der Waals surface area contributed by atoms with Crippen LogP contribution in [0.5, 0.6) is 0 Å². The lowest BCUT2D eigenvalue weighted by Gasteiger charge is -2.19. The summed E-state index contributed by atoms with van der Waals surface area (Å²) >= 11 is 3.36. The Morgan fingerprint density at radius 1 is 1.15 bits per heavy atom. The van der Waals surface area contributed by atoms with E-state index in [-0.39, 0.29) is 5.91 Å². The van der Waals surface area contributed by atoms with Crippen molar-refractivity contribution >= 4 is 27.5 Å². The van der Waals surface area contributed by atoms with Gasteiger partial charge in [0.2, 0.25) is 0 Å². The number of aryl methyl sites for hydroxylation is 1. The van der Waals surface area contributed by atoms with E-state index >= 15 is 0 Å². The molecule has 4 heteroatoms. The number of rotatable bonds is 2. The van der Waals surface area contributed by atoms with Crippen molar-refractivity contribution in [1.29, 1.82) is 0 Å². The Morgan fingerprint density at radius 2 is 2.00 bits per heavy atom. The zero-order valence-electron chi connectivity index (χ0n) is 11.0. The van der Waals surface area contributed by atoms with Crippen LogP contribution in [-0.4, -0.2) is 10.9 Å². The molecular formula is C16H15BrN2O. The number of hydrogen-bond donors (Lipinski definition) is 1. The van der Waals surface area contributed by atoms with Gasteiger partial charge in [0.15, 0.2) is 0 Å². The second kappa shape index (κ2) is 5.75. The fraction of sp³-hybridized carbons (Fsp3) is 0.250. The predicted molar refractivity (Wildman–Crippen MR) is 83.0 cm³/mol. The molecule has 1 aromatic heterocycles. The number of halogens is 1. The molecule has 3 rings (SSSR count). The van der Waals surface area contributed by atoms with E-state index in [1.54, 1.807) is 12.3 Å². The highest BCUT2D eigenvalue weighted by Gasteiger charge is 2.16. The fourth-order valence-corrected chi connectivity index (χ4v) is 3.07. The molecule has 1 aliphatic rings. The largest absolute Gasteiger partial charge is 0.320 e. The quantitative estimate of drug-likeness (QED) is 0.905. The number of hydrogen-bond acceptors (Lipinski definition) is 2. The molecule has 1 aliphatic carbocycles. The van der Waals surface area contributed by atoms with Gasteiger partial charge < -0.3 is 5.32 Å². The fourth-order valence-electron chi connectivity index (χ4n) is 2.63. The molecule has 0 atom stereocenters. The summed E-state index contributed by atoms with van der Waals surface area (Å²) in [5.74, 6) is -0.170. The van der Waals surface area contributed by atoms with Gasteiger partial charge >= 0.3 is 0 Å². The summed E-state index contributed by atoms with van der Waals surface area (Å²) in [6, 6.07) is 9.75. The van der Waals surface area contributed by atoms with Gasteiger partial charge in [0, 0.05) is 16.4 Å². The van der Waals surface area contributed by atoms with Crippen LogP contribution in [0.15, 0.2) is 41.0 Å². The van der Waals surface area contributed by atoms with E-state index in [1.807, 2.05) is 18.2 Å². The number of nitrogens with zero attached hydrogens (tertiary/aromatic N) is 1. The van der Waals surface area contributed by atoms with Crippen LogP contribution in [0, 0.1) is 0 Å². The van der Waals surface area contributed by atoms with Gasteiger partial charge in [-0.1, -0.05) is 12.1 Å². The van der Waals surface area contributed by atoms with Crippen molar-refractivity contribution in [3.05, 3.63) is 57.8 Å². The molecule has 2 aromatic rings. The Kier molecular flexibility index (Phi) is 3.83. The number of pyridine rings is 1. The lowest BCUT2D eigenvalue weighted by atomic mass is 9.90. The van der Waals surface area contributed by atoms with Gasteiger partial charge in [-0.05, 0) is 70.9 Å². The first kappa shape index (κ1) is 13.3. The number of nitrogens with one attached hydrogen (secondary N) is 1. The van der Waals surface area contributed by atoms with Gasteiger partial charge in [0.25, 0.3) is 5.91 Å². The van der Waals surface area contributed by atoms with E-state index < -0.39 is 0 Å². The Balaban J connectivity index is 1.89. The maximum Gasteiger partial charge on any atom is 0.275 e. The van der Waals surface area contributed by atoms with Crippen molar-refractivity contribution < 1.29 is 4.79 Å². The average molecular weight is 331 g/mol. The van der Waals surface area contributed by atoms with Crippen LogP contribution in [0.2, 0.25) is 0 Å². The molecule has 0 radical (unpaired) electrons. The van der Waals surface area contributed by atoms with Crippen molar-refractivity contribution in [2.75, 3.05) is 5.32 Å². The maximum atomic E-state index is 12.3. The lowest BCUT2D eigenvalue weighted by molar-refractivity contribution is 0.102. The Morgan fingerprint density at radius 3 is 2.85 bits per heavy atom. The number of aromatic nitrogens is 1. The number of carbonyl (C=O) groups is 1. The van der Waals surface area contributed by atoms with Crippen LogP contribution in [0.25, 0.3) is 0 Å². The smallest absolute Gasteiger partial charge is 0.275 e. The van der Waals surface area contributed by atoms with Crippen LogP contribution in [0.4, 0.5) is 5.69 Å². The van der Waals surface area contributed by atoms with E-state index in [9.17, 15) is 4.79 Å². The van der Waals surface area contributed by atoms with Crippen LogP contribution in [0.3, 0.4) is 0 Å². The van der Waals surface area contributed by atoms with E-state index in [4.69, 9.17) is 0 Å². The number of carbonyl (C=O) groups excluding carboxylic acids is 1. The standard InChI is InChI=1S/C16H15BrN2O/c17-13-8-4-10-18-15(13)16(20)19-14-9-3-6-11-5-1-2-7-12(11)14/h3-4,6,8-10H,1-2,5,7H2,(H,19,20). The molecule has 20 heavy (non-hydrogen) atoms. The third kappa shape index (κ3) is 2.61. The second-order valence-electron chi connectivity index (χ2n) is 4.94. The summed E-state index contributed by atoms with van der Waals surface area (Å²) in [5.41, 5.74) is 3.97. The summed E-state index contributed by atoms with van der Waals surface area (Å²) < 4.78 is 0.710. The molecular weight excluding hydrogens is 316 g/mol. The Bertz CT molecular complexity index is 655. The molecule has 3 nitrogen and oxygen atoms in total. The Labute approximate surface area is 126 Å². The van der Waals surface area contributed by atoms with Crippen molar-refractivity contribution in [2.45, 2.75) is 25.7 Å². The van der Waals surface area contributed by atoms with Gasteiger partial charge in [-0.15, -0.1) is 0 Å². The molecule has 0 aliphatic heterocycles. The molecule has 0 fully saturated rings. The SMILES string of the molecule is O=C(Nc1cccc2c1CCCC2)c1ncccc1Br. The second-order valence-corrected chi connectivity index (χ2v) is 5.79. The molecule has 1 N–H and O–H groups in total. The molecule has 1 aromatic carbocycles. The van der Waals surface area contributed by atoms with Crippen LogP contribution in [-0.2, 0) is 12.8 Å². The topological polar surface area (TPSA) is 42.0 Å². The first-order chi connectivity index (χ1) is 9.75. The minimum absolute atomic E-state index is 0.170. The summed E-state index contributed by atoms with van der Waals surface area (Å²) in [6.07, 6.45) is 6.19. The van der Waals surface area contributed by atoms with Crippen LogP contribution < -0.4 is 5.32 Å². The molecule has 0 saturated carbocycles. The molecule has 0 unspecified atom stereocenters. The third-order valence-electron chi connectivity index (χ3n) is 3.62. The molecule has 1 amide bonds. The molecule has 0 bridgehead atoms. The molecule has 1 heterocycles. The normalized spacial score (nSPS) is 13.7. The summed E-state index contributed by atoms with van der Waals surface area (Å²) in [7, 11) is 0. The highest BCUT2D eigenvalue weighted by molar-refractivity contribution is 9.10. The van der Waals surface area contributed by atoms with Crippen molar-refractivity contribution in [2.24, 2.45) is 0 Å². The predicted octanol–water partition coefficient (Wildman–Crippen LogP) is 3.98. The van der Waals surface area contributed by atoms with E-state index in [1.165, 1.54) is 24.0 Å². The highest BCUT2D eigenvalue weighted by Crippen LogP contribution is 2.28. The first-order valence-electron chi connectivity index (χ1n) is 6.78. The van der Waals surface area contributed by atoms with E-state index in [0.29, 0.717) is 10.2 Å². The molecule has 0 saturated heterocycles. The summed E-state index contributed by atoms with van der Waals surface area (Å²) in [4.78, 5) is 16.4. The highest BCUT2D eigenvalue weighted by atomic mass is 79.9. The maximum absolute atomic E-state index is 12.3. The zero-order chi connectivity index (χ0) is 13.9. The minimum atomic E-state index is -0.170. The van der Waals surface area contributed by atoms with E-state index in [2.05, 4.69) is 32.3 Å². The van der Waals surface area contributed by atoms with Gasteiger partial charge in [-0.3, -0.25) is 4.79 Å². The van der Waals surface area contributed by atoms with E-state index in [0.717, 1.165) is 18.5 Å². The molecule has 0 spiro atoms. The lowest BCUT2D eigenvalue weighted by Crippen LogP contribution is -2.17. The van der Waals surface area contributed by atoms with Crippen LogP contribution in [0.1, 0.15) is 34.5 Å². The first-order valence-corrected chi connectivity index (χ1v) is 7.57.